The first kappa shape index (κ1) is 20.5. The van der Waals surface area contributed by atoms with E-state index in [0.717, 1.165) is 16.8 Å². The Kier molecular flexibility index (Phi) is 5.89. The van der Waals surface area contributed by atoms with Gasteiger partial charge in [-0.1, -0.05) is 36.4 Å². The van der Waals surface area contributed by atoms with Gasteiger partial charge >= 0.3 is 0 Å². The van der Waals surface area contributed by atoms with Gasteiger partial charge < -0.3 is 14.8 Å². The maximum absolute atomic E-state index is 13.3. The molecule has 6 heteroatoms. The van der Waals surface area contributed by atoms with Crippen molar-refractivity contribution < 1.29 is 19.1 Å². The van der Waals surface area contributed by atoms with E-state index in [2.05, 4.69) is 5.32 Å². The number of nitrogens with zero attached hydrogens (tertiary/aromatic N) is 1. The van der Waals surface area contributed by atoms with Gasteiger partial charge in [0.25, 0.3) is 5.91 Å². The van der Waals surface area contributed by atoms with E-state index in [-0.39, 0.29) is 18.4 Å². The van der Waals surface area contributed by atoms with Crippen LogP contribution >= 0.6 is 0 Å². The van der Waals surface area contributed by atoms with E-state index < -0.39 is 6.04 Å². The lowest BCUT2D eigenvalue weighted by molar-refractivity contribution is -0.122. The standard InChI is InChI=1S/C25H24N2O4/c1-30-20-12-13-23(31-2)19(14-20)16-26-24(28)22-15-18-10-6-7-11-21(18)27(22)25(29)17-8-4-3-5-9-17/h3-14,22H,15-16H2,1-2H3,(H,26,28)/t22-/m1/s1. The molecule has 0 saturated carbocycles. The summed E-state index contributed by atoms with van der Waals surface area (Å²) in [7, 11) is 3.17. The van der Waals surface area contributed by atoms with Crippen LogP contribution in [0.4, 0.5) is 5.69 Å². The van der Waals surface area contributed by atoms with Crippen molar-refractivity contribution in [1.29, 1.82) is 0 Å². The van der Waals surface area contributed by atoms with Crippen LogP contribution in [0.2, 0.25) is 0 Å². The maximum Gasteiger partial charge on any atom is 0.259 e. The van der Waals surface area contributed by atoms with Gasteiger partial charge in [0, 0.05) is 29.8 Å². The molecule has 0 unspecified atom stereocenters. The Morgan fingerprint density at radius 3 is 2.45 bits per heavy atom. The third-order valence-electron chi connectivity index (χ3n) is 5.46. The highest BCUT2D eigenvalue weighted by Gasteiger charge is 2.38. The number of hydrogen-bond donors (Lipinski definition) is 1. The average molecular weight is 416 g/mol. The van der Waals surface area contributed by atoms with E-state index in [1.807, 2.05) is 48.5 Å². The molecule has 0 aromatic heterocycles. The number of carbonyl (C=O) groups excluding carboxylic acids is 2. The van der Waals surface area contributed by atoms with Gasteiger partial charge in [-0.3, -0.25) is 14.5 Å². The number of nitrogens with one attached hydrogen (secondary N) is 1. The molecule has 1 aliphatic rings. The minimum absolute atomic E-state index is 0.190. The van der Waals surface area contributed by atoms with E-state index in [0.29, 0.717) is 23.5 Å². The summed E-state index contributed by atoms with van der Waals surface area (Å²) in [6.07, 6.45) is 0.468. The molecule has 1 aliphatic heterocycles. The minimum atomic E-state index is -0.623. The van der Waals surface area contributed by atoms with Crippen molar-refractivity contribution in [2.24, 2.45) is 0 Å². The first-order chi connectivity index (χ1) is 15.1. The number of hydrogen-bond acceptors (Lipinski definition) is 4. The van der Waals surface area contributed by atoms with Crippen molar-refractivity contribution in [3.05, 3.63) is 89.5 Å². The van der Waals surface area contributed by atoms with Gasteiger partial charge in [0.1, 0.15) is 17.5 Å². The first-order valence-electron chi connectivity index (χ1n) is 10.1. The van der Waals surface area contributed by atoms with Gasteiger partial charge in [0.2, 0.25) is 5.91 Å². The van der Waals surface area contributed by atoms with E-state index >= 15 is 0 Å². The summed E-state index contributed by atoms with van der Waals surface area (Å²) in [5.41, 5.74) is 3.10. The normalized spacial score (nSPS) is 14.6. The van der Waals surface area contributed by atoms with Crippen LogP contribution in [0.1, 0.15) is 21.5 Å². The number of para-hydroxylation sites is 1. The largest absolute Gasteiger partial charge is 0.497 e. The summed E-state index contributed by atoms with van der Waals surface area (Å²) in [5.74, 6) is 0.933. The van der Waals surface area contributed by atoms with Crippen LogP contribution in [0.25, 0.3) is 0 Å². The van der Waals surface area contributed by atoms with Crippen molar-refractivity contribution in [3.8, 4) is 11.5 Å². The lowest BCUT2D eigenvalue weighted by atomic mass is 10.1. The zero-order valence-electron chi connectivity index (χ0n) is 17.5. The van der Waals surface area contributed by atoms with Crippen molar-refractivity contribution in [2.45, 2.75) is 19.0 Å². The van der Waals surface area contributed by atoms with Gasteiger partial charge in [-0.2, -0.15) is 0 Å². The molecule has 0 aliphatic carbocycles. The Morgan fingerprint density at radius 2 is 1.71 bits per heavy atom. The van der Waals surface area contributed by atoms with Crippen LogP contribution < -0.4 is 19.7 Å². The fourth-order valence-electron chi connectivity index (χ4n) is 3.89. The van der Waals surface area contributed by atoms with Crippen molar-refractivity contribution in [3.63, 3.8) is 0 Å². The predicted molar refractivity (Wildman–Crippen MR) is 119 cm³/mol. The molecule has 0 spiro atoms. The molecule has 2 amide bonds. The SMILES string of the molecule is COc1ccc(OC)c(CNC(=O)[C@H]2Cc3ccccc3N2C(=O)c2ccccc2)c1. The number of benzene rings is 3. The Labute approximate surface area is 181 Å². The number of ether oxygens (including phenoxy) is 2. The quantitative estimate of drug-likeness (QED) is 0.667. The Hall–Kier alpha value is -3.80. The molecule has 6 nitrogen and oxygen atoms in total. The minimum Gasteiger partial charge on any atom is -0.497 e. The second kappa shape index (κ2) is 8.92. The third-order valence-corrected chi connectivity index (χ3v) is 5.46. The van der Waals surface area contributed by atoms with Gasteiger partial charge in [0.05, 0.1) is 14.2 Å². The van der Waals surface area contributed by atoms with E-state index in [9.17, 15) is 9.59 Å². The molecule has 0 saturated heterocycles. The second-order valence-electron chi connectivity index (χ2n) is 7.29. The van der Waals surface area contributed by atoms with Crippen LogP contribution in [0, 0.1) is 0 Å². The molecule has 0 fully saturated rings. The summed E-state index contributed by atoms with van der Waals surface area (Å²) in [6, 6.07) is 21.5. The lowest BCUT2D eigenvalue weighted by Gasteiger charge is -2.25. The van der Waals surface area contributed by atoms with Crippen molar-refractivity contribution in [1.82, 2.24) is 5.32 Å². The zero-order valence-corrected chi connectivity index (χ0v) is 17.5. The molecule has 3 aromatic rings. The molecule has 1 atom stereocenters. The molecule has 1 N–H and O–H groups in total. The number of rotatable bonds is 6. The third kappa shape index (κ3) is 4.10. The van der Waals surface area contributed by atoms with Crippen LogP contribution in [0.5, 0.6) is 11.5 Å². The van der Waals surface area contributed by atoms with Gasteiger partial charge in [0.15, 0.2) is 0 Å². The highest BCUT2D eigenvalue weighted by molar-refractivity contribution is 6.11. The second-order valence-corrected chi connectivity index (χ2v) is 7.29. The van der Waals surface area contributed by atoms with Crippen LogP contribution in [-0.2, 0) is 17.8 Å². The topological polar surface area (TPSA) is 67.9 Å². The molecule has 0 bridgehead atoms. The summed E-state index contributed by atoms with van der Waals surface area (Å²) in [5, 5.41) is 2.97. The van der Waals surface area contributed by atoms with Gasteiger partial charge in [-0.15, -0.1) is 0 Å². The molecule has 0 radical (unpaired) electrons. The summed E-state index contributed by atoms with van der Waals surface area (Å²) < 4.78 is 10.7. The van der Waals surface area contributed by atoms with Crippen LogP contribution in [-0.4, -0.2) is 32.1 Å². The fraction of sp³-hybridized carbons (Fsp3) is 0.200. The Morgan fingerprint density at radius 1 is 0.968 bits per heavy atom. The summed E-state index contributed by atoms with van der Waals surface area (Å²) >= 11 is 0. The Bertz CT molecular complexity index is 1100. The summed E-state index contributed by atoms with van der Waals surface area (Å²) in [4.78, 5) is 28.1. The number of carbonyl (C=O) groups is 2. The number of methoxy groups -OCH3 is 2. The molecule has 1 heterocycles. The molecular formula is C25H24N2O4. The van der Waals surface area contributed by atoms with E-state index in [1.165, 1.54) is 0 Å². The highest BCUT2D eigenvalue weighted by atomic mass is 16.5. The molecular weight excluding hydrogens is 392 g/mol. The van der Waals surface area contributed by atoms with E-state index in [1.54, 1.807) is 43.4 Å². The van der Waals surface area contributed by atoms with Gasteiger partial charge in [-0.05, 0) is 42.0 Å². The van der Waals surface area contributed by atoms with Crippen molar-refractivity contribution in [2.75, 3.05) is 19.1 Å². The zero-order chi connectivity index (χ0) is 21.8. The average Bonchev–Trinajstić information content (AvgIpc) is 3.22. The smallest absolute Gasteiger partial charge is 0.259 e. The van der Waals surface area contributed by atoms with E-state index in [4.69, 9.17) is 9.47 Å². The lowest BCUT2D eigenvalue weighted by Crippen LogP contribution is -2.48. The van der Waals surface area contributed by atoms with Crippen molar-refractivity contribution >= 4 is 17.5 Å². The first-order valence-corrected chi connectivity index (χ1v) is 10.1. The number of anilines is 1. The van der Waals surface area contributed by atoms with Crippen LogP contribution in [0.15, 0.2) is 72.8 Å². The summed E-state index contributed by atoms with van der Waals surface area (Å²) in [6.45, 7) is 0.263. The molecule has 31 heavy (non-hydrogen) atoms. The Balaban J connectivity index is 1.58. The molecule has 4 rings (SSSR count). The monoisotopic (exact) mass is 416 g/mol. The fourth-order valence-corrected chi connectivity index (χ4v) is 3.89. The van der Waals surface area contributed by atoms with Crippen LogP contribution in [0.3, 0.4) is 0 Å². The number of fused-ring (bicyclic) bond motifs is 1. The highest BCUT2D eigenvalue weighted by Crippen LogP contribution is 2.33. The predicted octanol–water partition coefficient (Wildman–Crippen LogP) is 3.59. The molecule has 158 valence electrons. The molecule has 3 aromatic carbocycles. The number of amides is 2. The van der Waals surface area contributed by atoms with Gasteiger partial charge in [-0.25, -0.2) is 0 Å². The maximum atomic E-state index is 13.3.